The summed E-state index contributed by atoms with van der Waals surface area (Å²) >= 11 is 0. The van der Waals surface area contributed by atoms with Gasteiger partial charge in [0.1, 0.15) is 5.78 Å². The molecule has 2 aliphatic rings. The lowest BCUT2D eigenvalue weighted by Gasteiger charge is -2.55. The number of carbonyl (C=O) groups excluding carboxylic acids is 1. The first-order valence-corrected chi connectivity index (χ1v) is 6.63. The highest BCUT2D eigenvalue weighted by atomic mass is 16.3. The first kappa shape index (κ1) is 13.0. The summed E-state index contributed by atoms with van der Waals surface area (Å²) in [7, 11) is 0. The highest BCUT2D eigenvalue weighted by Gasteiger charge is 2.55. The van der Waals surface area contributed by atoms with Crippen molar-refractivity contribution in [2.75, 3.05) is 0 Å². The number of fused-ring (bicyclic) bond motifs is 1. The van der Waals surface area contributed by atoms with Gasteiger partial charge >= 0.3 is 0 Å². The van der Waals surface area contributed by atoms with Gasteiger partial charge in [0.15, 0.2) is 0 Å². The standard InChI is InChI=1S/C14H24O3/c1-12(2,16)10-4-6-13(3)7-5-11(15)9-14(13,17)8-10/h10,16-17H,4-9H2,1-3H3/t10-,13-,14?/m1/s1. The minimum Gasteiger partial charge on any atom is -0.390 e. The van der Waals surface area contributed by atoms with E-state index in [-0.39, 0.29) is 23.5 Å². The number of Topliss-reactive ketones (excluding diaryl/α,β-unsaturated/α-hetero) is 1. The lowest BCUT2D eigenvalue weighted by Crippen LogP contribution is -2.57. The fourth-order valence-electron chi connectivity index (χ4n) is 3.56. The van der Waals surface area contributed by atoms with E-state index in [1.165, 1.54) is 0 Å². The van der Waals surface area contributed by atoms with E-state index < -0.39 is 11.2 Å². The van der Waals surface area contributed by atoms with Gasteiger partial charge < -0.3 is 10.2 Å². The molecule has 0 amide bonds. The molecule has 0 bridgehead atoms. The fourth-order valence-corrected chi connectivity index (χ4v) is 3.56. The monoisotopic (exact) mass is 240 g/mol. The molecule has 2 fully saturated rings. The number of hydrogen-bond donors (Lipinski definition) is 2. The summed E-state index contributed by atoms with van der Waals surface area (Å²) in [5.41, 5.74) is -1.80. The summed E-state index contributed by atoms with van der Waals surface area (Å²) in [6, 6.07) is 0. The van der Waals surface area contributed by atoms with Crippen LogP contribution in [0, 0.1) is 11.3 Å². The molecular formula is C14H24O3. The molecule has 0 aromatic heterocycles. The Balaban J connectivity index is 2.23. The zero-order valence-electron chi connectivity index (χ0n) is 11.1. The lowest BCUT2D eigenvalue weighted by molar-refractivity contribution is -0.175. The molecule has 3 nitrogen and oxygen atoms in total. The summed E-state index contributed by atoms with van der Waals surface area (Å²) in [4.78, 5) is 11.6. The maximum atomic E-state index is 11.6. The van der Waals surface area contributed by atoms with Crippen molar-refractivity contribution < 1.29 is 15.0 Å². The first-order chi connectivity index (χ1) is 7.66. The highest BCUT2D eigenvalue weighted by Crippen LogP contribution is 2.55. The summed E-state index contributed by atoms with van der Waals surface area (Å²) in [6.07, 6.45) is 4.07. The van der Waals surface area contributed by atoms with Gasteiger partial charge in [0.05, 0.1) is 11.2 Å². The van der Waals surface area contributed by atoms with Crippen LogP contribution in [0.25, 0.3) is 0 Å². The van der Waals surface area contributed by atoms with Crippen molar-refractivity contribution in [1.29, 1.82) is 0 Å². The van der Waals surface area contributed by atoms with E-state index in [9.17, 15) is 15.0 Å². The average Bonchev–Trinajstić information content (AvgIpc) is 2.17. The van der Waals surface area contributed by atoms with Gasteiger partial charge in [0, 0.05) is 12.8 Å². The molecule has 0 radical (unpaired) electrons. The number of aliphatic hydroxyl groups is 2. The highest BCUT2D eigenvalue weighted by molar-refractivity contribution is 5.80. The van der Waals surface area contributed by atoms with Crippen molar-refractivity contribution in [3.63, 3.8) is 0 Å². The molecule has 0 saturated heterocycles. The van der Waals surface area contributed by atoms with E-state index in [0.717, 1.165) is 19.3 Å². The van der Waals surface area contributed by atoms with Crippen LogP contribution in [0.1, 0.15) is 59.3 Å². The van der Waals surface area contributed by atoms with Gasteiger partial charge in [0.25, 0.3) is 0 Å². The van der Waals surface area contributed by atoms with Crippen molar-refractivity contribution >= 4 is 5.78 Å². The minimum atomic E-state index is -0.898. The topological polar surface area (TPSA) is 57.5 Å². The van der Waals surface area contributed by atoms with Gasteiger partial charge in [-0.3, -0.25) is 4.79 Å². The van der Waals surface area contributed by atoms with E-state index in [1.54, 1.807) is 13.8 Å². The second-order valence-corrected chi connectivity index (χ2v) is 6.90. The van der Waals surface area contributed by atoms with Crippen LogP contribution in [-0.2, 0) is 4.79 Å². The number of hydrogen-bond acceptors (Lipinski definition) is 3. The Morgan fingerprint density at radius 1 is 1.35 bits per heavy atom. The Morgan fingerprint density at radius 2 is 2.00 bits per heavy atom. The van der Waals surface area contributed by atoms with Crippen LogP contribution in [-0.4, -0.2) is 27.2 Å². The van der Waals surface area contributed by atoms with Crippen molar-refractivity contribution in [2.24, 2.45) is 11.3 Å². The van der Waals surface area contributed by atoms with Crippen LogP contribution >= 0.6 is 0 Å². The third kappa shape index (κ3) is 2.15. The van der Waals surface area contributed by atoms with Gasteiger partial charge in [0.2, 0.25) is 0 Å². The van der Waals surface area contributed by atoms with Crippen LogP contribution in [0.2, 0.25) is 0 Å². The lowest BCUT2D eigenvalue weighted by atomic mass is 9.53. The van der Waals surface area contributed by atoms with Gasteiger partial charge in [-0.2, -0.15) is 0 Å². The predicted octanol–water partition coefficient (Wildman–Crippen LogP) is 2.05. The van der Waals surface area contributed by atoms with E-state index in [2.05, 4.69) is 6.92 Å². The zero-order valence-corrected chi connectivity index (χ0v) is 11.1. The minimum absolute atomic E-state index is 0.0893. The van der Waals surface area contributed by atoms with Crippen molar-refractivity contribution in [2.45, 2.75) is 70.5 Å². The van der Waals surface area contributed by atoms with E-state index in [4.69, 9.17) is 0 Å². The summed E-state index contributed by atoms with van der Waals surface area (Å²) in [5, 5.41) is 20.9. The predicted molar refractivity (Wildman–Crippen MR) is 65.6 cm³/mol. The van der Waals surface area contributed by atoms with Gasteiger partial charge in [-0.1, -0.05) is 6.92 Å². The van der Waals surface area contributed by atoms with Crippen molar-refractivity contribution in [3.8, 4) is 0 Å². The molecule has 0 aliphatic heterocycles. The summed E-state index contributed by atoms with van der Waals surface area (Å²) in [6.45, 7) is 5.70. The average molecular weight is 240 g/mol. The van der Waals surface area contributed by atoms with E-state index in [1.807, 2.05) is 0 Å². The molecule has 1 unspecified atom stereocenters. The molecule has 0 heterocycles. The fraction of sp³-hybridized carbons (Fsp3) is 0.929. The summed E-state index contributed by atoms with van der Waals surface area (Å²) < 4.78 is 0. The van der Waals surface area contributed by atoms with Crippen LogP contribution in [0.4, 0.5) is 0 Å². The molecular weight excluding hydrogens is 216 g/mol. The van der Waals surface area contributed by atoms with Crippen LogP contribution < -0.4 is 0 Å². The second kappa shape index (κ2) is 3.79. The second-order valence-electron chi connectivity index (χ2n) is 6.90. The molecule has 2 N–H and O–H groups in total. The number of ketones is 1. The van der Waals surface area contributed by atoms with Crippen LogP contribution in [0.5, 0.6) is 0 Å². The van der Waals surface area contributed by atoms with Crippen molar-refractivity contribution in [3.05, 3.63) is 0 Å². The Morgan fingerprint density at radius 3 is 2.59 bits per heavy atom. The number of carbonyl (C=O) groups is 1. The maximum Gasteiger partial charge on any atom is 0.135 e. The Hall–Kier alpha value is -0.410. The zero-order chi connectivity index (χ0) is 12.9. The van der Waals surface area contributed by atoms with Crippen LogP contribution in [0.3, 0.4) is 0 Å². The molecule has 2 saturated carbocycles. The SMILES string of the molecule is CC(C)(O)[C@@H]1CC[C@]2(C)CCC(=O)CC2(O)C1. The Kier molecular flexibility index (Phi) is 2.91. The normalized spacial score (nSPS) is 43.4. The quantitative estimate of drug-likeness (QED) is 0.737. The molecule has 98 valence electrons. The maximum absolute atomic E-state index is 11.6. The van der Waals surface area contributed by atoms with Crippen LogP contribution in [0.15, 0.2) is 0 Å². The largest absolute Gasteiger partial charge is 0.390 e. The number of rotatable bonds is 1. The third-order valence-corrected chi connectivity index (χ3v) is 5.20. The Bertz CT molecular complexity index is 331. The molecule has 2 rings (SSSR count). The van der Waals surface area contributed by atoms with Gasteiger partial charge in [-0.05, 0) is 50.9 Å². The van der Waals surface area contributed by atoms with Crippen molar-refractivity contribution in [1.82, 2.24) is 0 Å². The molecule has 3 heteroatoms. The molecule has 0 aromatic carbocycles. The smallest absolute Gasteiger partial charge is 0.135 e. The molecule has 3 atom stereocenters. The first-order valence-electron chi connectivity index (χ1n) is 6.63. The van der Waals surface area contributed by atoms with Gasteiger partial charge in [-0.25, -0.2) is 0 Å². The third-order valence-electron chi connectivity index (χ3n) is 5.20. The molecule has 0 spiro atoms. The molecule has 2 aliphatic carbocycles. The van der Waals surface area contributed by atoms with Gasteiger partial charge in [-0.15, -0.1) is 0 Å². The summed E-state index contributed by atoms with van der Waals surface area (Å²) in [5.74, 6) is 0.257. The Labute approximate surface area is 103 Å². The molecule has 17 heavy (non-hydrogen) atoms. The molecule has 0 aromatic rings. The van der Waals surface area contributed by atoms with E-state index >= 15 is 0 Å². The van der Waals surface area contributed by atoms with E-state index in [0.29, 0.717) is 12.8 Å².